The Morgan fingerprint density at radius 2 is 1.76 bits per heavy atom. The Hall–Kier alpha value is -2.54. The van der Waals surface area contributed by atoms with E-state index in [2.05, 4.69) is 4.72 Å². The van der Waals surface area contributed by atoms with Crippen molar-refractivity contribution in [2.24, 2.45) is 0 Å². The molecule has 0 unspecified atom stereocenters. The van der Waals surface area contributed by atoms with Crippen molar-refractivity contribution >= 4 is 21.7 Å². The molecule has 0 atom stereocenters. The largest absolute Gasteiger partial charge is 0.505 e. The van der Waals surface area contributed by atoms with E-state index in [0.717, 1.165) is 0 Å². The van der Waals surface area contributed by atoms with Crippen LogP contribution in [0.3, 0.4) is 0 Å². The van der Waals surface area contributed by atoms with Gasteiger partial charge in [-0.1, -0.05) is 24.3 Å². The molecule has 6 nitrogen and oxygen atoms in total. The summed E-state index contributed by atoms with van der Waals surface area (Å²) in [5.41, 5.74) is -0.0167. The second-order valence-corrected chi connectivity index (χ2v) is 6.03. The summed E-state index contributed by atoms with van der Waals surface area (Å²) >= 11 is 0. The minimum atomic E-state index is -3.91. The second-order valence-electron chi connectivity index (χ2n) is 4.38. The summed E-state index contributed by atoms with van der Waals surface area (Å²) in [5, 5.41) is 18.7. The number of para-hydroxylation sites is 1. The molecule has 2 aromatic carbocycles. The number of nitrogens with one attached hydrogen (secondary N) is 1. The summed E-state index contributed by atoms with van der Waals surface area (Å²) in [4.78, 5) is 11.0. The van der Waals surface area contributed by atoms with Crippen LogP contribution in [0.5, 0.6) is 5.75 Å². The molecule has 0 aliphatic rings. The van der Waals surface area contributed by atoms with Crippen LogP contribution in [0.15, 0.2) is 47.4 Å². The number of rotatable bonds is 4. The molecule has 0 radical (unpaired) electrons. The van der Waals surface area contributed by atoms with Gasteiger partial charge in [-0.2, -0.15) is 0 Å². The maximum atomic E-state index is 12.3. The Morgan fingerprint density at radius 1 is 1.10 bits per heavy atom. The predicted octanol–water partition coefficient (Wildman–Crippen LogP) is 2.20. The third-order valence-corrected chi connectivity index (χ3v) is 4.42. The lowest BCUT2D eigenvalue weighted by Crippen LogP contribution is -2.14. The molecule has 7 heteroatoms. The van der Waals surface area contributed by atoms with Gasteiger partial charge in [-0.05, 0) is 30.7 Å². The molecule has 0 saturated carbocycles. The van der Waals surface area contributed by atoms with Crippen molar-refractivity contribution in [3.63, 3.8) is 0 Å². The zero-order chi connectivity index (χ0) is 15.6. The first-order chi connectivity index (χ1) is 9.83. The lowest BCUT2D eigenvalue weighted by molar-refractivity contribution is 0.0694. The van der Waals surface area contributed by atoms with Crippen LogP contribution in [0, 0.1) is 6.92 Å². The van der Waals surface area contributed by atoms with Gasteiger partial charge in [-0.3, -0.25) is 4.72 Å². The Balaban J connectivity index is 2.45. The van der Waals surface area contributed by atoms with Crippen molar-refractivity contribution in [3.05, 3.63) is 53.6 Å². The summed E-state index contributed by atoms with van der Waals surface area (Å²) < 4.78 is 26.8. The second kappa shape index (κ2) is 5.45. The molecule has 2 rings (SSSR count). The molecule has 110 valence electrons. The summed E-state index contributed by atoms with van der Waals surface area (Å²) in [5.74, 6) is -1.97. The van der Waals surface area contributed by atoms with Gasteiger partial charge in [0, 0.05) is 0 Å². The van der Waals surface area contributed by atoms with Gasteiger partial charge < -0.3 is 10.2 Å². The van der Waals surface area contributed by atoms with E-state index in [4.69, 9.17) is 5.11 Å². The maximum Gasteiger partial charge on any atom is 0.339 e. The molecule has 21 heavy (non-hydrogen) atoms. The van der Waals surface area contributed by atoms with Crippen LogP contribution < -0.4 is 4.72 Å². The molecule has 0 spiro atoms. The average molecular weight is 307 g/mol. The van der Waals surface area contributed by atoms with Crippen LogP contribution in [0.25, 0.3) is 0 Å². The number of sulfonamides is 1. The fourth-order valence-electron chi connectivity index (χ4n) is 1.86. The van der Waals surface area contributed by atoms with Gasteiger partial charge in [-0.15, -0.1) is 0 Å². The highest BCUT2D eigenvalue weighted by Gasteiger charge is 2.20. The number of carbonyl (C=O) groups is 1. The summed E-state index contributed by atoms with van der Waals surface area (Å²) in [6.07, 6.45) is 0. The van der Waals surface area contributed by atoms with E-state index in [0.29, 0.717) is 5.56 Å². The van der Waals surface area contributed by atoms with Crippen LogP contribution in [0.4, 0.5) is 5.69 Å². The highest BCUT2D eigenvalue weighted by molar-refractivity contribution is 7.92. The number of aryl methyl sites for hydroxylation is 1. The highest BCUT2D eigenvalue weighted by Crippen LogP contribution is 2.30. The minimum absolute atomic E-state index is 0.0603. The molecule has 3 N–H and O–H groups in total. The number of aromatic hydroxyl groups is 1. The number of hydrogen-bond acceptors (Lipinski definition) is 4. The molecule has 0 heterocycles. The normalized spacial score (nSPS) is 11.1. The molecule has 0 amide bonds. The van der Waals surface area contributed by atoms with Gasteiger partial charge in [-0.25, -0.2) is 13.2 Å². The van der Waals surface area contributed by atoms with Crippen molar-refractivity contribution in [1.82, 2.24) is 0 Å². The van der Waals surface area contributed by atoms with E-state index in [1.165, 1.54) is 24.3 Å². The van der Waals surface area contributed by atoms with Crippen molar-refractivity contribution in [1.29, 1.82) is 0 Å². The smallest absolute Gasteiger partial charge is 0.339 e. The van der Waals surface area contributed by atoms with Crippen LogP contribution in [0.2, 0.25) is 0 Å². The van der Waals surface area contributed by atoms with Crippen LogP contribution in [0.1, 0.15) is 15.9 Å². The van der Waals surface area contributed by atoms with Crippen LogP contribution in [-0.4, -0.2) is 24.6 Å². The maximum absolute atomic E-state index is 12.3. The zero-order valence-electron chi connectivity index (χ0n) is 11.1. The first-order valence-corrected chi connectivity index (χ1v) is 7.45. The van der Waals surface area contributed by atoms with E-state index >= 15 is 0 Å². The molecule has 0 aromatic heterocycles. The number of benzene rings is 2. The molecule has 0 saturated heterocycles. The zero-order valence-corrected chi connectivity index (χ0v) is 11.9. The quantitative estimate of drug-likeness (QED) is 0.751. The van der Waals surface area contributed by atoms with E-state index in [1.54, 1.807) is 25.1 Å². The summed E-state index contributed by atoms with van der Waals surface area (Å²) in [6, 6.07) is 10.2. The summed E-state index contributed by atoms with van der Waals surface area (Å²) in [7, 11) is -3.91. The van der Waals surface area contributed by atoms with Crippen molar-refractivity contribution in [3.8, 4) is 5.75 Å². The van der Waals surface area contributed by atoms with Gasteiger partial charge in [0.1, 0.15) is 5.56 Å². The molecule has 0 fully saturated rings. The number of aromatic carboxylic acids is 1. The third-order valence-electron chi connectivity index (χ3n) is 2.89. The molecule has 0 bridgehead atoms. The van der Waals surface area contributed by atoms with E-state index < -0.39 is 21.7 Å². The number of phenols is 1. The van der Waals surface area contributed by atoms with Gasteiger partial charge in [0.15, 0.2) is 5.75 Å². The average Bonchev–Trinajstić information content (AvgIpc) is 2.41. The van der Waals surface area contributed by atoms with Gasteiger partial charge in [0.05, 0.1) is 10.6 Å². The predicted molar refractivity (Wildman–Crippen MR) is 77.1 cm³/mol. The Kier molecular flexibility index (Phi) is 3.86. The molecular weight excluding hydrogens is 294 g/mol. The number of carboxylic acid groups (broad SMARTS) is 1. The molecule has 2 aromatic rings. The van der Waals surface area contributed by atoms with Crippen molar-refractivity contribution in [2.45, 2.75) is 11.8 Å². The Bertz CT molecular complexity index is 799. The minimum Gasteiger partial charge on any atom is -0.505 e. The topological polar surface area (TPSA) is 104 Å². The van der Waals surface area contributed by atoms with E-state index in [1.807, 2.05) is 0 Å². The standard InChI is InChI=1S/C14H13NO5S/c1-9-5-2-3-8-12(9)21(19,20)15-11-7-4-6-10(13(11)16)14(17)18/h2-8,15-16H,1H3,(H,17,18). The fraction of sp³-hybridized carbons (Fsp3) is 0.0714. The SMILES string of the molecule is Cc1ccccc1S(=O)(=O)Nc1cccc(C(=O)O)c1O. The van der Waals surface area contributed by atoms with Gasteiger partial charge in [0.25, 0.3) is 10.0 Å². The van der Waals surface area contributed by atoms with E-state index in [-0.39, 0.29) is 16.1 Å². The Morgan fingerprint density at radius 3 is 2.38 bits per heavy atom. The van der Waals surface area contributed by atoms with Gasteiger partial charge >= 0.3 is 5.97 Å². The first-order valence-electron chi connectivity index (χ1n) is 5.96. The number of anilines is 1. The molecule has 0 aliphatic carbocycles. The lowest BCUT2D eigenvalue weighted by Gasteiger charge is -2.12. The fourth-order valence-corrected chi connectivity index (χ4v) is 3.17. The Labute approximate surface area is 121 Å². The van der Waals surface area contributed by atoms with Crippen molar-refractivity contribution in [2.75, 3.05) is 4.72 Å². The van der Waals surface area contributed by atoms with Crippen LogP contribution >= 0.6 is 0 Å². The van der Waals surface area contributed by atoms with Crippen LogP contribution in [-0.2, 0) is 10.0 Å². The lowest BCUT2D eigenvalue weighted by atomic mass is 10.2. The third kappa shape index (κ3) is 2.97. The monoisotopic (exact) mass is 307 g/mol. The molecule has 0 aliphatic heterocycles. The van der Waals surface area contributed by atoms with Gasteiger partial charge in [0.2, 0.25) is 0 Å². The van der Waals surface area contributed by atoms with Crippen molar-refractivity contribution < 1.29 is 23.4 Å². The highest BCUT2D eigenvalue weighted by atomic mass is 32.2. The first kappa shape index (κ1) is 14.9. The van der Waals surface area contributed by atoms with E-state index in [9.17, 15) is 18.3 Å². The molecular formula is C14H13NO5S. The number of hydrogen-bond donors (Lipinski definition) is 3. The summed E-state index contributed by atoms with van der Waals surface area (Å²) in [6.45, 7) is 1.64. The number of carboxylic acids is 1.